The molecular formula is C22H21F3N6O7S3. The van der Waals surface area contributed by atoms with Gasteiger partial charge in [0.1, 0.15) is 29.7 Å². The SMILES string of the molecule is COc1ccc(SCC2=C(C(=O)O)N3C(=O)[C@@H](NC(=O)C(NC(=O)NCC(F)(F)F)c4cccs4)C3SC2)n[n+]1[O-]. The molecule has 1 saturated heterocycles. The minimum Gasteiger partial charge on any atom is -0.591 e. The van der Waals surface area contributed by atoms with Crippen molar-refractivity contribution in [2.75, 3.05) is 25.2 Å². The van der Waals surface area contributed by atoms with E-state index >= 15 is 0 Å². The Hall–Kier alpha value is -3.71. The summed E-state index contributed by atoms with van der Waals surface area (Å²) in [5, 5.41) is 32.9. The molecule has 0 bridgehead atoms. The highest BCUT2D eigenvalue weighted by Crippen LogP contribution is 2.41. The normalized spacial score (nSPS) is 19.1. The zero-order valence-corrected chi connectivity index (χ0v) is 23.3. The third-order valence-electron chi connectivity index (χ3n) is 5.71. The minimum atomic E-state index is -4.66. The van der Waals surface area contributed by atoms with Crippen molar-refractivity contribution in [3.63, 3.8) is 0 Å². The average Bonchev–Trinajstić information content (AvgIpc) is 3.46. The standard InChI is InChI=1S/C22H21F3N6O7S3/c1-38-13-5-4-12(29-31(13)37)40-7-10-8-41-19-15(18(33)30(19)16(10)20(34)35)27-17(32)14(11-3-2-6-39-11)28-21(36)26-9-22(23,24)25/h2-6,14-15,19H,7-9H2,1H3,(H,27,32)(H,34,35)(H2,26,28,36)/t14?,15-,19?/m1/s1. The smallest absolute Gasteiger partial charge is 0.405 e. The number of urea groups is 1. The monoisotopic (exact) mass is 634 g/mol. The molecule has 4 amide bonds. The summed E-state index contributed by atoms with van der Waals surface area (Å²) >= 11 is 3.36. The van der Waals surface area contributed by atoms with Crippen LogP contribution in [0.3, 0.4) is 0 Å². The lowest BCUT2D eigenvalue weighted by Crippen LogP contribution is -2.71. The van der Waals surface area contributed by atoms with E-state index in [2.05, 4.69) is 15.7 Å². The van der Waals surface area contributed by atoms with Gasteiger partial charge < -0.3 is 31.0 Å². The first-order valence-corrected chi connectivity index (χ1v) is 14.4. The molecule has 13 nitrogen and oxygen atoms in total. The maximum atomic E-state index is 13.1. The molecule has 41 heavy (non-hydrogen) atoms. The number of nitrogens with zero attached hydrogens (tertiary/aromatic N) is 3. The van der Waals surface area contributed by atoms with E-state index in [1.54, 1.807) is 16.8 Å². The fourth-order valence-electron chi connectivity index (χ4n) is 3.88. The van der Waals surface area contributed by atoms with Gasteiger partial charge in [0, 0.05) is 21.5 Å². The number of hydrogen-bond acceptors (Lipinski definition) is 10. The molecule has 4 N–H and O–H groups in total. The van der Waals surface area contributed by atoms with Gasteiger partial charge in [0.15, 0.2) is 5.03 Å². The molecule has 3 atom stereocenters. The lowest BCUT2D eigenvalue weighted by atomic mass is 10.0. The van der Waals surface area contributed by atoms with E-state index in [1.807, 2.05) is 0 Å². The van der Waals surface area contributed by atoms with Crippen molar-refractivity contribution in [1.82, 2.24) is 25.9 Å². The third kappa shape index (κ3) is 6.96. The molecule has 220 valence electrons. The minimum absolute atomic E-state index is 0.0198. The van der Waals surface area contributed by atoms with Crippen molar-refractivity contribution in [1.29, 1.82) is 0 Å². The van der Waals surface area contributed by atoms with Gasteiger partial charge in [-0.15, -0.1) is 23.1 Å². The average molecular weight is 635 g/mol. The van der Waals surface area contributed by atoms with E-state index in [1.165, 1.54) is 37.1 Å². The number of rotatable bonds is 10. The summed E-state index contributed by atoms with van der Waals surface area (Å²) in [6.45, 7) is -1.61. The summed E-state index contributed by atoms with van der Waals surface area (Å²) < 4.78 is 42.3. The fourth-order valence-corrected chi connectivity index (χ4v) is 6.98. The van der Waals surface area contributed by atoms with Crippen molar-refractivity contribution in [3.05, 3.63) is 51.0 Å². The highest BCUT2D eigenvalue weighted by molar-refractivity contribution is 8.01. The molecule has 19 heteroatoms. The Morgan fingerprint density at radius 1 is 1.34 bits per heavy atom. The molecule has 0 saturated carbocycles. The number of fused-ring (bicyclic) bond motifs is 1. The summed E-state index contributed by atoms with van der Waals surface area (Å²) in [5.41, 5.74) is 0.149. The van der Waals surface area contributed by atoms with Crippen molar-refractivity contribution in [2.24, 2.45) is 0 Å². The van der Waals surface area contributed by atoms with Crippen molar-refractivity contribution in [3.8, 4) is 5.88 Å². The van der Waals surface area contributed by atoms with Crippen LogP contribution in [0.5, 0.6) is 5.88 Å². The molecule has 0 radical (unpaired) electrons. The summed E-state index contributed by atoms with van der Waals surface area (Å²) in [6.07, 6.45) is -4.66. The Labute approximate surface area is 242 Å². The number of aromatic nitrogens is 2. The molecular weight excluding hydrogens is 613 g/mol. The molecule has 1 fully saturated rings. The van der Waals surface area contributed by atoms with E-state index in [0.717, 1.165) is 28.0 Å². The first-order chi connectivity index (χ1) is 19.4. The number of aliphatic carboxylic acids is 1. The van der Waals surface area contributed by atoms with Crippen molar-refractivity contribution >= 4 is 58.7 Å². The van der Waals surface area contributed by atoms with Crippen molar-refractivity contribution < 1.29 is 47.0 Å². The highest BCUT2D eigenvalue weighted by atomic mass is 32.2. The Kier molecular flexibility index (Phi) is 9.17. The van der Waals surface area contributed by atoms with Gasteiger partial charge in [0.05, 0.1) is 13.2 Å². The van der Waals surface area contributed by atoms with Gasteiger partial charge in [-0.25, -0.2) is 9.59 Å². The maximum Gasteiger partial charge on any atom is 0.405 e. The topological polar surface area (TPSA) is 177 Å². The number of methoxy groups -OCH3 is 1. The van der Waals surface area contributed by atoms with E-state index in [4.69, 9.17) is 4.74 Å². The van der Waals surface area contributed by atoms with E-state index in [0.29, 0.717) is 15.5 Å². The summed E-state index contributed by atoms with van der Waals surface area (Å²) in [4.78, 5) is 51.9. The van der Waals surface area contributed by atoms with Gasteiger partial charge in [-0.2, -0.15) is 13.2 Å². The largest absolute Gasteiger partial charge is 0.591 e. The number of ether oxygens (including phenoxy) is 1. The predicted molar refractivity (Wildman–Crippen MR) is 140 cm³/mol. The van der Waals surface area contributed by atoms with E-state index < -0.39 is 54.0 Å². The number of carbonyl (C=O) groups excluding carboxylic acids is 3. The van der Waals surface area contributed by atoms with Crippen LogP contribution in [0.25, 0.3) is 0 Å². The van der Waals surface area contributed by atoms with Gasteiger partial charge in [0.2, 0.25) is 5.91 Å². The van der Waals surface area contributed by atoms with Gasteiger partial charge in [0.25, 0.3) is 5.91 Å². The van der Waals surface area contributed by atoms with Crippen LogP contribution in [0.2, 0.25) is 0 Å². The van der Waals surface area contributed by atoms with Gasteiger partial charge >= 0.3 is 24.1 Å². The number of thiophene rings is 1. The number of alkyl halides is 3. The summed E-state index contributed by atoms with van der Waals surface area (Å²) in [5.74, 6) is -2.64. The van der Waals surface area contributed by atoms with Gasteiger partial charge in [-0.1, -0.05) is 17.8 Å². The second kappa shape index (κ2) is 12.4. The van der Waals surface area contributed by atoms with Crippen LogP contribution >= 0.6 is 34.9 Å². The second-order valence-electron chi connectivity index (χ2n) is 8.42. The molecule has 2 aliphatic rings. The van der Waals surface area contributed by atoms with Crippen LogP contribution < -0.4 is 25.5 Å². The molecule has 4 heterocycles. The summed E-state index contributed by atoms with van der Waals surface area (Å²) in [6, 6.07) is 2.22. The quantitative estimate of drug-likeness (QED) is 0.129. The zero-order valence-electron chi connectivity index (χ0n) is 20.8. The van der Waals surface area contributed by atoms with E-state index in [9.17, 15) is 42.7 Å². The van der Waals surface area contributed by atoms with Crippen LogP contribution in [0.15, 0.2) is 45.9 Å². The number of nitrogens with one attached hydrogen (secondary N) is 3. The van der Waals surface area contributed by atoms with E-state index in [-0.39, 0.29) is 27.9 Å². The zero-order chi connectivity index (χ0) is 29.9. The number of amides is 4. The van der Waals surface area contributed by atoms with Crippen LogP contribution in [0.1, 0.15) is 10.9 Å². The van der Waals surface area contributed by atoms with Crippen LogP contribution in [0, 0.1) is 5.21 Å². The molecule has 2 aromatic rings. The molecule has 4 rings (SSSR count). The van der Waals surface area contributed by atoms with Crippen LogP contribution in [-0.4, -0.2) is 81.7 Å². The Morgan fingerprint density at radius 2 is 2.10 bits per heavy atom. The Bertz CT molecular complexity index is 1380. The summed E-state index contributed by atoms with van der Waals surface area (Å²) in [7, 11) is 1.31. The maximum absolute atomic E-state index is 13.1. The van der Waals surface area contributed by atoms with Gasteiger partial charge in [-0.3, -0.25) is 14.5 Å². The van der Waals surface area contributed by atoms with Crippen LogP contribution in [0.4, 0.5) is 18.0 Å². The van der Waals surface area contributed by atoms with Gasteiger partial charge in [-0.05, 0) is 27.9 Å². The number of hydrogen-bond donors (Lipinski definition) is 4. The number of halogens is 3. The molecule has 2 aliphatic heterocycles. The first-order valence-electron chi connectivity index (χ1n) is 11.5. The lowest BCUT2D eigenvalue weighted by molar-refractivity contribution is -0.678. The highest BCUT2D eigenvalue weighted by Gasteiger charge is 2.54. The Morgan fingerprint density at radius 3 is 2.71 bits per heavy atom. The first kappa shape index (κ1) is 30.3. The number of β-lactam (4-membered cyclic amide) rings is 1. The Balaban J connectivity index is 1.44. The second-order valence-corrected chi connectivity index (χ2v) is 11.5. The molecule has 2 unspecified atom stereocenters. The number of thioether (sulfide) groups is 2. The van der Waals surface area contributed by atoms with Crippen LogP contribution in [-0.2, 0) is 14.4 Å². The molecule has 0 aromatic carbocycles. The van der Waals surface area contributed by atoms with Crippen molar-refractivity contribution in [2.45, 2.75) is 28.7 Å². The molecule has 0 aliphatic carbocycles. The number of carboxylic acids is 1. The fraction of sp³-hybridized carbons (Fsp3) is 0.364. The lowest BCUT2D eigenvalue weighted by Gasteiger charge is -2.49. The predicted octanol–water partition coefficient (Wildman–Crippen LogP) is 1.22. The number of carbonyl (C=O) groups is 4. The molecule has 0 spiro atoms. The third-order valence-corrected chi connectivity index (χ3v) is 9.00. The molecule has 2 aromatic heterocycles. The number of carboxylic acid groups (broad SMARTS) is 1.